The topological polar surface area (TPSA) is 40.7 Å². The van der Waals surface area contributed by atoms with Crippen LogP contribution in [-0.4, -0.2) is 16.0 Å². The highest BCUT2D eigenvalue weighted by Crippen LogP contribution is 2.15. The average molecular weight is 245 g/mol. The van der Waals surface area contributed by atoms with E-state index in [0.717, 1.165) is 17.0 Å². The molecule has 1 aromatic carbocycles. The molecule has 1 aromatic heterocycles. The molecule has 1 heterocycles. The van der Waals surface area contributed by atoms with Crippen molar-refractivity contribution in [1.82, 2.24) is 9.97 Å². The Kier molecular flexibility index (Phi) is 4.62. The third-order valence-electron chi connectivity index (χ3n) is 3.26. The number of aromatic amines is 1. The van der Waals surface area contributed by atoms with Crippen LogP contribution >= 0.6 is 0 Å². The fourth-order valence-electron chi connectivity index (χ4n) is 2.20. The van der Waals surface area contributed by atoms with E-state index in [0.29, 0.717) is 6.04 Å². The van der Waals surface area contributed by atoms with Crippen LogP contribution in [-0.2, 0) is 0 Å². The molecule has 0 aliphatic rings. The molecule has 2 rings (SSSR count). The predicted molar refractivity (Wildman–Crippen MR) is 77.9 cm³/mol. The van der Waals surface area contributed by atoms with Crippen molar-refractivity contribution in [2.75, 3.05) is 5.32 Å². The summed E-state index contributed by atoms with van der Waals surface area (Å²) < 4.78 is 0. The van der Waals surface area contributed by atoms with Crippen LogP contribution in [0.1, 0.15) is 46.0 Å². The maximum absolute atomic E-state index is 4.53. The normalized spacial score (nSPS) is 12.8. The number of para-hydroxylation sites is 2. The average Bonchev–Trinajstić information content (AvgIpc) is 2.76. The van der Waals surface area contributed by atoms with E-state index in [1.807, 2.05) is 18.2 Å². The number of imidazole rings is 1. The van der Waals surface area contributed by atoms with Crippen molar-refractivity contribution in [2.24, 2.45) is 0 Å². The van der Waals surface area contributed by atoms with Crippen molar-refractivity contribution in [2.45, 2.75) is 52.0 Å². The van der Waals surface area contributed by atoms with Crippen molar-refractivity contribution in [3.8, 4) is 0 Å². The molecular formula is C15H23N3. The maximum atomic E-state index is 4.53. The van der Waals surface area contributed by atoms with Crippen LogP contribution < -0.4 is 5.32 Å². The van der Waals surface area contributed by atoms with Gasteiger partial charge in [0.2, 0.25) is 5.95 Å². The van der Waals surface area contributed by atoms with E-state index in [-0.39, 0.29) is 0 Å². The number of hydrogen-bond acceptors (Lipinski definition) is 2. The van der Waals surface area contributed by atoms with Crippen LogP contribution in [0.5, 0.6) is 0 Å². The number of H-pyrrole nitrogens is 1. The fraction of sp³-hybridized carbons (Fsp3) is 0.533. The minimum Gasteiger partial charge on any atom is -0.353 e. The quantitative estimate of drug-likeness (QED) is 0.713. The molecule has 0 saturated heterocycles. The molecule has 0 spiro atoms. The SMILES string of the molecule is CCCCCCC(C)Nc1nc2ccccc2[nH]1. The molecule has 0 bridgehead atoms. The number of nitrogens with one attached hydrogen (secondary N) is 2. The number of rotatable bonds is 7. The van der Waals surface area contributed by atoms with Crippen LogP contribution in [0.15, 0.2) is 24.3 Å². The van der Waals surface area contributed by atoms with Crippen LogP contribution in [0.2, 0.25) is 0 Å². The standard InChI is InChI=1S/C15H23N3/c1-3-4-5-6-9-12(2)16-15-17-13-10-7-8-11-14(13)18-15/h7-8,10-12H,3-6,9H2,1-2H3,(H2,16,17,18). The van der Waals surface area contributed by atoms with Crippen molar-refractivity contribution < 1.29 is 0 Å². The highest BCUT2D eigenvalue weighted by Gasteiger charge is 2.05. The van der Waals surface area contributed by atoms with Gasteiger partial charge in [0, 0.05) is 6.04 Å². The van der Waals surface area contributed by atoms with Gasteiger partial charge in [-0.05, 0) is 25.5 Å². The Morgan fingerprint density at radius 3 is 2.83 bits per heavy atom. The van der Waals surface area contributed by atoms with E-state index in [2.05, 4.69) is 35.2 Å². The van der Waals surface area contributed by atoms with E-state index in [1.165, 1.54) is 32.1 Å². The summed E-state index contributed by atoms with van der Waals surface area (Å²) >= 11 is 0. The summed E-state index contributed by atoms with van der Waals surface area (Å²) in [5.41, 5.74) is 2.12. The lowest BCUT2D eigenvalue weighted by Gasteiger charge is -2.12. The van der Waals surface area contributed by atoms with E-state index >= 15 is 0 Å². The Bertz CT molecular complexity index is 442. The van der Waals surface area contributed by atoms with Crippen molar-refractivity contribution in [3.63, 3.8) is 0 Å². The summed E-state index contributed by atoms with van der Waals surface area (Å²) in [6.07, 6.45) is 6.48. The Morgan fingerprint density at radius 2 is 2.06 bits per heavy atom. The van der Waals surface area contributed by atoms with Crippen LogP contribution in [0.25, 0.3) is 11.0 Å². The summed E-state index contributed by atoms with van der Waals surface area (Å²) in [4.78, 5) is 7.84. The molecule has 18 heavy (non-hydrogen) atoms. The number of benzene rings is 1. The summed E-state index contributed by atoms with van der Waals surface area (Å²) in [7, 11) is 0. The third-order valence-corrected chi connectivity index (χ3v) is 3.26. The van der Waals surface area contributed by atoms with Crippen LogP contribution in [0.3, 0.4) is 0 Å². The molecule has 0 aliphatic heterocycles. The Balaban J connectivity index is 1.84. The lowest BCUT2D eigenvalue weighted by Crippen LogP contribution is -2.15. The highest BCUT2D eigenvalue weighted by atomic mass is 15.1. The summed E-state index contributed by atoms with van der Waals surface area (Å²) in [5.74, 6) is 0.888. The smallest absolute Gasteiger partial charge is 0.201 e. The third kappa shape index (κ3) is 3.49. The molecular weight excluding hydrogens is 222 g/mol. The van der Waals surface area contributed by atoms with Gasteiger partial charge in [-0.25, -0.2) is 4.98 Å². The van der Waals surface area contributed by atoms with Gasteiger partial charge in [0.25, 0.3) is 0 Å². The lowest BCUT2D eigenvalue weighted by molar-refractivity contribution is 0.592. The molecule has 1 unspecified atom stereocenters. The van der Waals surface area contributed by atoms with E-state index in [9.17, 15) is 0 Å². The minimum atomic E-state index is 0.474. The maximum Gasteiger partial charge on any atom is 0.201 e. The van der Waals surface area contributed by atoms with Crippen LogP contribution in [0.4, 0.5) is 5.95 Å². The Hall–Kier alpha value is -1.51. The molecule has 0 amide bonds. The summed E-state index contributed by atoms with van der Waals surface area (Å²) in [6.45, 7) is 4.47. The number of hydrogen-bond donors (Lipinski definition) is 2. The number of aromatic nitrogens is 2. The van der Waals surface area contributed by atoms with Crippen molar-refractivity contribution in [1.29, 1.82) is 0 Å². The molecule has 3 nitrogen and oxygen atoms in total. The van der Waals surface area contributed by atoms with Crippen molar-refractivity contribution >= 4 is 17.0 Å². The molecule has 1 atom stereocenters. The monoisotopic (exact) mass is 245 g/mol. The minimum absolute atomic E-state index is 0.474. The van der Waals surface area contributed by atoms with E-state index in [1.54, 1.807) is 0 Å². The van der Waals surface area contributed by atoms with Gasteiger partial charge in [-0.2, -0.15) is 0 Å². The lowest BCUT2D eigenvalue weighted by atomic mass is 10.1. The number of anilines is 1. The molecule has 0 aliphatic carbocycles. The number of nitrogens with zero attached hydrogens (tertiary/aromatic N) is 1. The van der Waals surface area contributed by atoms with Gasteiger partial charge in [-0.15, -0.1) is 0 Å². The zero-order chi connectivity index (χ0) is 12.8. The van der Waals surface area contributed by atoms with Gasteiger partial charge in [-0.1, -0.05) is 44.7 Å². The first kappa shape index (κ1) is 12.9. The predicted octanol–water partition coefficient (Wildman–Crippen LogP) is 4.33. The summed E-state index contributed by atoms with van der Waals surface area (Å²) in [5, 5.41) is 3.44. The van der Waals surface area contributed by atoms with Gasteiger partial charge >= 0.3 is 0 Å². The largest absolute Gasteiger partial charge is 0.353 e. The van der Waals surface area contributed by atoms with Gasteiger partial charge in [0.15, 0.2) is 0 Å². The molecule has 2 aromatic rings. The second-order valence-electron chi connectivity index (χ2n) is 5.00. The highest BCUT2D eigenvalue weighted by molar-refractivity contribution is 5.77. The van der Waals surface area contributed by atoms with Crippen LogP contribution in [0, 0.1) is 0 Å². The summed E-state index contributed by atoms with van der Waals surface area (Å²) in [6, 6.07) is 8.60. The van der Waals surface area contributed by atoms with Gasteiger partial charge in [-0.3, -0.25) is 0 Å². The second-order valence-corrected chi connectivity index (χ2v) is 5.00. The Morgan fingerprint density at radius 1 is 1.22 bits per heavy atom. The van der Waals surface area contributed by atoms with Gasteiger partial charge < -0.3 is 10.3 Å². The fourth-order valence-corrected chi connectivity index (χ4v) is 2.20. The zero-order valence-corrected chi connectivity index (χ0v) is 11.4. The number of unbranched alkanes of at least 4 members (excludes halogenated alkanes) is 3. The van der Waals surface area contributed by atoms with Gasteiger partial charge in [0.1, 0.15) is 0 Å². The Labute approximate surface area is 109 Å². The molecule has 2 N–H and O–H groups in total. The molecule has 0 radical (unpaired) electrons. The zero-order valence-electron chi connectivity index (χ0n) is 11.4. The van der Waals surface area contributed by atoms with Crippen molar-refractivity contribution in [3.05, 3.63) is 24.3 Å². The first-order valence-corrected chi connectivity index (χ1v) is 7.01. The van der Waals surface area contributed by atoms with E-state index in [4.69, 9.17) is 0 Å². The molecule has 98 valence electrons. The molecule has 3 heteroatoms. The van der Waals surface area contributed by atoms with Gasteiger partial charge in [0.05, 0.1) is 11.0 Å². The number of fused-ring (bicyclic) bond motifs is 1. The molecule has 0 saturated carbocycles. The molecule has 0 fully saturated rings. The first-order chi connectivity index (χ1) is 8.79. The first-order valence-electron chi connectivity index (χ1n) is 7.01. The van der Waals surface area contributed by atoms with E-state index < -0.39 is 0 Å². The second kappa shape index (κ2) is 6.43.